The van der Waals surface area contributed by atoms with E-state index in [1.165, 1.54) is 0 Å². The molecule has 0 atom stereocenters. The Kier molecular flexibility index (Phi) is 3.81. The molecule has 17 heavy (non-hydrogen) atoms. The van der Waals surface area contributed by atoms with E-state index in [0.717, 1.165) is 17.0 Å². The number of phenols is 1. The number of amidine groups is 1. The minimum atomic E-state index is -0.0781. The van der Waals surface area contributed by atoms with Crippen molar-refractivity contribution in [2.75, 3.05) is 21.1 Å². The van der Waals surface area contributed by atoms with Crippen LogP contribution in [-0.2, 0) is 5.41 Å². The molecule has 0 amide bonds. The van der Waals surface area contributed by atoms with Gasteiger partial charge in [0.1, 0.15) is 11.6 Å². The van der Waals surface area contributed by atoms with Gasteiger partial charge in [-0.05, 0) is 17.0 Å². The first-order valence-electron chi connectivity index (χ1n) is 5.76. The minimum Gasteiger partial charge on any atom is -0.507 e. The summed E-state index contributed by atoms with van der Waals surface area (Å²) in [5.41, 5.74) is 1.65. The molecule has 0 aliphatic carbocycles. The molecule has 0 bridgehead atoms. The summed E-state index contributed by atoms with van der Waals surface area (Å²) in [4.78, 5) is 6.13. The van der Waals surface area contributed by atoms with Gasteiger partial charge in [-0.25, -0.2) is 0 Å². The lowest BCUT2D eigenvalue weighted by atomic mass is 9.85. The van der Waals surface area contributed by atoms with Crippen molar-refractivity contribution in [2.45, 2.75) is 26.2 Å². The first-order chi connectivity index (χ1) is 7.79. The van der Waals surface area contributed by atoms with Crippen LogP contribution in [0.25, 0.3) is 0 Å². The van der Waals surface area contributed by atoms with Gasteiger partial charge in [0, 0.05) is 21.1 Å². The first-order valence-corrected chi connectivity index (χ1v) is 5.76. The molecule has 1 aromatic rings. The predicted octanol–water partition coefficient (Wildman–Crippen LogP) is 2.63. The van der Waals surface area contributed by atoms with Crippen molar-refractivity contribution in [3.63, 3.8) is 0 Å². The molecule has 1 rings (SSSR count). The van der Waals surface area contributed by atoms with Gasteiger partial charge in [0.2, 0.25) is 0 Å². The number of rotatable bonds is 1. The molecule has 0 spiro atoms. The smallest absolute Gasteiger partial charge is 0.133 e. The van der Waals surface area contributed by atoms with Crippen molar-refractivity contribution in [1.29, 1.82) is 0 Å². The summed E-state index contributed by atoms with van der Waals surface area (Å²) in [6.07, 6.45) is 0. The van der Waals surface area contributed by atoms with Crippen molar-refractivity contribution < 1.29 is 5.11 Å². The van der Waals surface area contributed by atoms with E-state index < -0.39 is 0 Å². The van der Waals surface area contributed by atoms with Crippen LogP contribution in [0.15, 0.2) is 23.2 Å². The fraction of sp³-hybridized carbons (Fsp3) is 0.500. The molecule has 0 aromatic heterocycles. The second-order valence-electron chi connectivity index (χ2n) is 5.39. The number of hydrogen-bond donors (Lipinski definition) is 1. The highest BCUT2D eigenvalue weighted by Gasteiger charge is 2.21. The zero-order valence-electron chi connectivity index (χ0n) is 11.6. The third-order valence-electron chi connectivity index (χ3n) is 2.72. The maximum atomic E-state index is 10.4. The van der Waals surface area contributed by atoms with Gasteiger partial charge in [0.05, 0.1) is 5.56 Å². The summed E-state index contributed by atoms with van der Waals surface area (Å²) >= 11 is 0. The lowest BCUT2D eigenvalue weighted by Crippen LogP contribution is -2.24. The summed E-state index contributed by atoms with van der Waals surface area (Å²) in [5, 5.41) is 10.4. The molecule has 94 valence electrons. The molecule has 0 radical (unpaired) electrons. The van der Waals surface area contributed by atoms with E-state index in [1.54, 1.807) is 7.05 Å². The van der Waals surface area contributed by atoms with Crippen LogP contribution in [0.5, 0.6) is 5.75 Å². The molecule has 0 saturated carbocycles. The summed E-state index contributed by atoms with van der Waals surface area (Å²) < 4.78 is 0. The number of aromatic hydroxyl groups is 1. The Hall–Kier alpha value is -1.51. The van der Waals surface area contributed by atoms with Gasteiger partial charge in [-0.2, -0.15) is 0 Å². The zero-order chi connectivity index (χ0) is 13.2. The summed E-state index contributed by atoms with van der Waals surface area (Å²) in [7, 11) is 5.58. The van der Waals surface area contributed by atoms with Gasteiger partial charge in [-0.1, -0.05) is 32.9 Å². The van der Waals surface area contributed by atoms with Gasteiger partial charge < -0.3 is 10.0 Å². The fourth-order valence-corrected chi connectivity index (χ4v) is 1.89. The standard InChI is InChI=1S/C14H22N2O/c1-14(2,3)11-9-7-8-10(12(11)17)13(15-4)16(5)6/h7-9,17H,1-6H3. The molecule has 0 fully saturated rings. The minimum absolute atomic E-state index is 0.0781. The molecule has 1 aromatic carbocycles. The van der Waals surface area contributed by atoms with E-state index in [0.29, 0.717) is 5.75 Å². The predicted molar refractivity (Wildman–Crippen MR) is 73.0 cm³/mol. The number of nitrogens with zero attached hydrogens (tertiary/aromatic N) is 2. The van der Waals surface area contributed by atoms with Crippen LogP contribution >= 0.6 is 0 Å². The fourth-order valence-electron chi connectivity index (χ4n) is 1.89. The van der Waals surface area contributed by atoms with Gasteiger partial charge in [-0.15, -0.1) is 0 Å². The molecule has 0 saturated heterocycles. The van der Waals surface area contributed by atoms with E-state index in [9.17, 15) is 5.11 Å². The molecule has 0 aliphatic rings. The van der Waals surface area contributed by atoms with Gasteiger partial charge in [0.15, 0.2) is 0 Å². The molecular weight excluding hydrogens is 212 g/mol. The van der Waals surface area contributed by atoms with Gasteiger partial charge >= 0.3 is 0 Å². The second kappa shape index (κ2) is 4.78. The maximum Gasteiger partial charge on any atom is 0.133 e. The van der Waals surface area contributed by atoms with E-state index in [4.69, 9.17) is 0 Å². The number of benzene rings is 1. The average molecular weight is 234 g/mol. The Bertz CT molecular complexity index is 428. The van der Waals surface area contributed by atoms with E-state index >= 15 is 0 Å². The van der Waals surface area contributed by atoms with Crippen LogP contribution in [0, 0.1) is 0 Å². The Morgan fingerprint density at radius 3 is 2.24 bits per heavy atom. The third-order valence-corrected chi connectivity index (χ3v) is 2.72. The second-order valence-corrected chi connectivity index (χ2v) is 5.39. The van der Waals surface area contributed by atoms with Crippen LogP contribution in [0.2, 0.25) is 0 Å². The number of para-hydroxylation sites is 1. The largest absolute Gasteiger partial charge is 0.507 e. The van der Waals surface area contributed by atoms with Crippen molar-refractivity contribution in [2.24, 2.45) is 4.99 Å². The van der Waals surface area contributed by atoms with Crippen molar-refractivity contribution >= 4 is 5.84 Å². The SMILES string of the molecule is CN=C(c1cccc(C(C)(C)C)c1O)N(C)C. The first kappa shape index (κ1) is 13.6. The summed E-state index contributed by atoms with van der Waals surface area (Å²) in [6, 6.07) is 5.82. The third kappa shape index (κ3) is 2.78. The summed E-state index contributed by atoms with van der Waals surface area (Å²) in [6.45, 7) is 6.26. The number of hydrogen-bond acceptors (Lipinski definition) is 2. The van der Waals surface area contributed by atoms with Crippen molar-refractivity contribution in [3.8, 4) is 5.75 Å². The Morgan fingerprint density at radius 2 is 1.82 bits per heavy atom. The summed E-state index contributed by atoms with van der Waals surface area (Å²) in [5.74, 6) is 1.11. The maximum absolute atomic E-state index is 10.4. The average Bonchev–Trinajstić information content (AvgIpc) is 2.19. The normalized spacial score (nSPS) is 12.7. The highest BCUT2D eigenvalue weighted by molar-refractivity contribution is 6.01. The Balaban J connectivity index is 3.38. The highest BCUT2D eigenvalue weighted by atomic mass is 16.3. The van der Waals surface area contributed by atoms with Crippen molar-refractivity contribution in [3.05, 3.63) is 29.3 Å². The molecule has 0 aliphatic heterocycles. The quantitative estimate of drug-likeness (QED) is 0.599. The Labute approximate surface area is 104 Å². The molecule has 3 nitrogen and oxygen atoms in total. The van der Waals surface area contributed by atoms with Crippen LogP contribution in [0.3, 0.4) is 0 Å². The molecule has 1 N–H and O–H groups in total. The lowest BCUT2D eigenvalue weighted by molar-refractivity contribution is 0.444. The van der Waals surface area contributed by atoms with E-state index in [-0.39, 0.29) is 5.41 Å². The lowest BCUT2D eigenvalue weighted by Gasteiger charge is -2.23. The van der Waals surface area contributed by atoms with Crippen LogP contribution in [0.4, 0.5) is 0 Å². The Morgan fingerprint density at radius 1 is 1.24 bits per heavy atom. The number of phenolic OH excluding ortho intramolecular Hbond substituents is 1. The van der Waals surface area contributed by atoms with Crippen LogP contribution in [0.1, 0.15) is 31.9 Å². The zero-order valence-corrected chi connectivity index (χ0v) is 11.6. The molecule has 3 heteroatoms. The van der Waals surface area contributed by atoms with E-state index in [1.807, 2.05) is 37.2 Å². The van der Waals surface area contributed by atoms with Crippen LogP contribution < -0.4 is 0 Å². The topological polar surface area (TPSA) is 35.8 Å². The number of aliphatic imine (C=N–C) groups is 1. The van der Waals surface area contributed by atoms with Crippen molar-refractivity contribution in [1.82, 2.24) is 4.90 Å². The van der Waals surface area contributed by atoms with Crippen LogP contribution in [-0.4, -0.2) is 37.0 Å². The monoisotopic (exact) mass is 234 g/mol. The molecule has 0 heterocycles. The highest BCUT2D eigenvalue weighted by Crippen LogP contribution is 2.33. The molecular formula is C14H22N2O. The van der Waals surface area contributed by atoms with E-state index in [2.05, 4.69) is 25.8 Å². The van der Waals surface area contributed by atoms with Gasteiger partial charge in [-0.3, -0.25) is 4.99 Å². The van der Waals surface area contributed by atoms with Gasteiger partial charge in [0.25, 0.3) is 0 Å². The molecule has 0 unspecified atom stereocenters.